The van der Waals surface area contributed by atoms with E-state index in [1.807, 2.05) is 20.8 Å². The van der Waals surface area contributed by atoms with E-state index in [1.165, 1.54) is 0 Å². The number of esters is 1. The van der Waals surface area contributed by atoms with Gasteiger partial charge in [-0.05, 0) is 32.9 Å². The molecule has 0 saturated heterocycles. The molecule has 0 aromatic rings. The number of rotatable bonds is 7. The highest BCUT2D eigenvalue weighted by atomic mass is 32.2. The summed E-state index contributed by atoms with van der Waals surface area (Å²) in [7, 11) is 0. The van der Waals surface area contributed by atoms with E-state index in [0.29, 0.717) is 12.2 Å². The van der Waals surface area contributed by atoms with Gasteiger partial charge in [0.1, 0.15) is 11.9 Å². The molecule has 5 heteroatoms. The number of thioether (sulfide) groups is 1. The molecule has 0 spiro atoms. The molecule has 2 N–H and O–H groups in total. The Bertz CT molecular complexity index is 226. The second-order valence-corrected chi connectivity index (χ2v) is 5.71. The fourth-order valence-electron chi connectivity index (χ4n) is 0.970. The van der Waals surface area contributed by atoms with Crippen LogP contribution in [0.2, 0.25) is 0 Å². The summed E-state index contributed by atoms with van der Waals surface area (Å²) < 4.78 is 5.16. The normalized spacial score (nSPS) is 13.2. The second kappa shape index (κ2) is 7.68. The molecule has 16 heavy (non-hydrogen) atoms. The smallest absolute Gasteiger partial charge is 0.306 e. The number of carbonyl (C=O) groups is 2. The molecule has 0 aromatic carbocycles. The molecule has 0 amide bonds. The van der Waals surface area contributed by atoms with E-state index in [2.05, 4.69) is 0 Å². The highest BCUT2D eigenvalue weighted by Crippen LogP contribution is 2.11. The first-order valence-electron chi connectivity index (χ1n) is 5.35. The zero-order chi connectivity index (χ0) is 12.6. The fourth-order valence-corrected chi connectivity index (χ4v) is 1.84. The monoisotopic (exact) mass is 247 g/mol. The Balaban J connectivity index is 3.45. The van der Waals surface area contributed by atoms with Crippen molar-refractivity contribution in [1.82, 2.24) is 0 Å². The molecule has 94 valence electrons. The first kappa shape index (κ1) is 15.4. The number of aldehydes is 1. The van der Waals surface area contributed by atoms with Gasteiger partial charge in [0.25, 0.3) is 0 Å². The summed E-state index contributed by atoms with van der Waals surface area (Å²) in [6.45, 7) is 5.55. The van der Waals surface area contributed by atoms with E-state index in [0.717, 1.165) is 18.5 Å². The molecule has 0 rings (SSSR count). The SMILES string of the molecule is CC(C)(C)OC(=O)CCCSCC(N)C=O. The lowest BCUT2D eigenvalue weighted by molar-refractivity contribution is -0.154. The molecule has 0 aliphatic heterocycles. The molecule has 0 bridgehead atoms. The minimum Gasteiger partial charge on any atom is -0.460 e. The van der Waals surface area contributed by atoms with Crippen molar-refractivity contribution in [3.8, 4) is 0 Å². The van der Waals surface area contributed by atoms with Crippen LogP contribution in [-0.4, -0.2) is 35.4 Å². The van der Waals surface area contributed by atoms with Crippen molar-refractivity contribution in [2.45, 2.75) is 45.3 Å². The van der Waals surface area contributed by atoms with Gasteiger partial charge in [0.15, 0.2) is 0 Å². The molecule has 0 aliphatic rings. The van der Waals surface area contributed by atoms with Crippen molar-refractivity contribution >= 4 is 24.0 Å². The Kier molecular flexibility index (Phi) is 7.42. The largest absolute Gasteiger partial charge is 0.460 e. The summed E-state index contributed by atoms with van der Waals surface area (Å²) in [6.07, 6.45) is 1.91. The van der Waals surface area contributed by atoms with Gasteiger partial charge < -0.3 is 15.3 Å². The van der Waals surface area contributed by atoms with Crippen LogP contribution in [0, 0.1) is 0 Å². The Morgan fingerprint density at radius 1 is 1.50 bits per heavy atom. The zero-order valence-electron chi connectivity index (χ0n) is 10.2. The molecule has 0 aliphatic carbocycles. The molecule has 4 nitrogen and oxygen atoms in total. The Labute approximate surface area is 101 Å². The maximum atomic E-state index is 11.3. The van der Waals surface area contributed by atoms with Gasteiger partial charge in [0.2, 0.25) is 0 Å². The third kappa shape index (κ3) is 9.98. The van der Waals surface area contributed by atoms with Gasteiger partial charge in [-0.2, -0.15) is 11.8 Å². The highest BCUT2D eigenvalue weighted by Gasteiger charge is 2.15. The molecule has 0 aromatic heterocycles. The molecule has 1 unspecified atom stereocenters. The van der Waals surface area contributed by atoms with Gasteiger partial charge in [-0.3, -0.25) is 4.79 Å². The van der Waals surface area contributed by atoms with Crippen LogP contribution in [0.3, 0.4) is 0 Å². The Morgan fingerprint density at radius 3 is 2.62 bits per heavy atom. The standard InChI is InChI=1S/C11H21NO3S/c1-11(2,3)15-10(14)5-4-6-16-8-9(12)7-13/h7,9H,4-6,8,12H2,1-3H3. The molecule has 1 atom stereocenters. The number of hydrogen-bond acceptors (Lipinski definition) is 5. The van der Waals surface area contributed by atoms with Crippen LogP contribution in [-0.2, 0) is 14.3 Å². The van der Waals surface area contributed by atoms with Crippen LogP contribution < -0.4 is 5.73 Å². The number of carbonyl (C=O) groups excluding carboxylic acids is 2. The van der Waals surface area contributed by atoms with Crippen molar-refractivity contribution in [3.05, 3.63) is 0 Å². The van der Waals surface area contributed by atoms with E-state index in [-0.39, 0.29) is 5.97 Å². The quantitative estimate of drug-likeness (QED) is 0.418. The summed E-state index contributed by atoms with van der Waals surface area (Å²) in [5.74, 6) is 1.26. The van der Waals surface area contributed by atoms with Gasteiger partial charge in [0.05, 0.1) is 6.04 Å². The maximum absolute atomic E-state index is 11.3. The van der Waals surface area contributed by atoms with Crippen LogP contribution >= 0.6 is 11.8 Å². The predicted octanol–water partition coefficient (Wildman–Crippen LogP) is 1.37. The summed E-state index contributed by atoms with van der Waals surface area (Å²) in [5, 5.41) is 0. The van der Waals surface area contributed by atoms with Crippen LogP contribution in [0.4, 0.5) is 0 Å². The zero-order valence-corrected chi connectivity index (χ0v) is 11.0. The first-order valence-corrected chi connectivity index (χ1v) is 6.51. The number of hydrogen-bond donors (Lipinski definition) is 1. The van der Waals surface area contributed by atoms with Gasteiger partial charge in [-0.25, -0.2) is 0 Å². The minimum atomic E-state index is -0.413. The van der Waals surface area contributed by atoms with Crippen LogP contribution in [0.15, 0.2) is 0 Å². The molecular weight excluding hydrogens is 226 g/mol. The van der Waals surface area contributed by atoms with E-state index >= 15 is 0 Å². The van der Waals surface area contributed by atoms with E-state index in [1.54, 1.807) is 11.8 Å². The number of nitrogens with two attached hydrogens (primary N) is 1. The summed E-state index contributed by atoms with van der Waals surface area (Å²) in [6, 6.07) is -0.397. The predicted molar refractivity (Wildman–Crippen MR) is 66.4 cm³/mol. The van der Waals surface area contributed by atoms with Gasteiger partial charge in [-0.15, -0.1) is 0 Å². The average Bonchev–Trinajstić information content (AvgIpc) is 2.14. The fraction of sp³-hybridized carbons (Fsp3) is 0.818. The molecule has 0 saturated carbocycles. The second-order valence-electron chi connectivity index (χ2n) is 4.56. The van der Waals surface area contributed by atoms with Crippen LogP contribution in [0.5, 0.6) is 0 Å². The highest BCUT2D eigenvalue weighted by molar-refractivity contribution is 7.99. The third-order valence-corrected chi connectivity index (χ3v) is 2.77. The van der Waals surface area contributed by atoms with Crippen molar-refractivity contribution in [3.63, 3.8) is 0 Å². The van der Waals surface area contributed by atoms with E-state index in [9.17, 15) is 9.59 Å². The van der Waals surface area contributed by atoms with Crippen molar-refractivity contribution in [2.75, 3.05) is 11.5 Å². The third-order valence-electron chi connectivity index (χ3n) is 1.57. The molecule has 0 radical (unpaired) electrons. The molecule has 0 fully saturated rings. The lowest BCUT2D eigenvalue weighted by Crippen LogP contribution is -2.24. The van der Waals surface area contributed by atoms with E-state index < -0.39 is 11.6 Å². The molecule has 0 heterocycles. The molecular formula is C11H21NO3S. The topological polar surface area (TPSA) is 69.4 Å². The van der Waals surface area contributed by atoms with Gasteiger partial charge in [-0.1, -0.05) is 0 Å². The summed E-state index contributed by atoms with van der Waals surface area (Å²) in [4.78, 5) is 21.5. The lowest BCUT2D eigenvalue weighted by atomic mass is 10.2. The maximum Gasteiger partial charge on any atom is 0.306 e. The van der Waals surface area contributed by atoms with Crippen molar-refractivity contribution in [2.24, 2.45) is 5.73 Å². The summed E-state index contributed by atoms with van der Waals surface area (Å²) in [5.41, 5.74) is 5.01. The van der Waals surface area contributed by atoms with Crippen LogP contribution in [0.25, 0.3) is 0 Å². The first-order chi connectivity index (χ1) is 7.35. The Hall–Kier alpha value is -0.550. The minimum absolute atomic E-state index is 0.173. The summed E-state index contributed by atoms with van der Waals surface area (Å²) >= 11 is 1.58. The Morgan fingerprint density at radius 2 is 2.12 bits per heavy atom. The number of ether oxygens (including phenoxy) is 1. The van der Waals surface area contributed by atoms with Gasteiger partial charge in [0, 0.05) is 12.2 Å². The van der Waals surface area contributed by atoms with Gasteiger partial charge >= 0.3 is 5.97 Å². The van der Waals surface area contributed by atoms with E-state index in [4.69, 9.17) is 10.5 Å². The average molecular weight is 247 g/mol. The van der Waals surface area contributed by atoms with Crippen molar-refractivity contribution in [1.29, 1.82) is 0 Å². The van der Waals surface area contributed by atoms with Crippen molar-refractivity contribution < 1.29 is 14.3 Å². The van der Waals surface area contributed by atoms with Crippen LogP contribution in [0.1, 0.15) is 33.6 Å². The lowest BCUT2D eigenvalue weighted by Gasteiger charge is -2.19.